The van der Waals surface area contributed by atoms with Gasteiger partial charge in [0.25, 0.3) is 0 Å². The van der Waals surface area contributed by atoms with Gasteiger partial charge in [-0.25, -0.2) is 18.3 Å². The largest absolute Gasteiger partial charge is 0.472 e. The summed E-state index contributed by atoms with van der Waals surface area (Å²) < 4.78 is 81.9. The molecule has 0 radical (unpaired) electrons. The van der Waals surface area contributed by atoms with E-state index in [-0.39, 0.29) is 18.0 Å². The molecule has 396 valence electrons. The molecule has 0 aromatic carbocycles. The second kappa shape index (κ2) is 34.6. The van der Waals surface area contributed by atoms with Crippen molar-refractivity contribution in [1.29, 1.82) is 0 Å². The van der Waals surface area contributed by atoms with E-state index >= 15 is 0 Å². The van der Waals surface area contributed by atoms with Crippen LogP contribution >= 0.6 is 43.1 Å². The summed E-state index contributed by atoms with van der Waals surface area (Å²) in [6.07, 6.45) is 3.06. The summed E-state index contributed by atoms with van der Waals surface area (Å²) in [5, 5.41) is 22.0. The van der Waals surface area contributed by atoms with Gasteiger partial charge in [0.05, 0.1) is 6.61 Å². The molecule has 0 aromatic rings. The van der Waals surface area contributed by atoms with Crippen molar-refractivity contribution < 1.29 is 109 Å². The number of phosphoric ester groups is 4. The van der Waals surface area contributed by atoms with Gasteiger partial charge in [0, 0.05) is 25.0 Å². The van der Waals surface area contributed by atoms with Gasteiger partial charge in [-0.05, 0) is 25.7 Å². The third-order valence-corrected chi connectivity index (χ3v) is 14.0. The number of unbranched alkanes of at least 4 members (excludes halogenated alkanes) is 18. The van der Waals surface area contributed by atoms with Crippen molar-refractivity contribution in [3.8, 4) is 0 Å². The van der Waals surface area contributed by atoms with Crippen LogP contribution in [-0.2, 0) is 64.7 Å². The zero-order valence-electron chi connectivity index (χ0n) is 38.6. The Morgan fingerprint density at radius 2 is 0.881 bits per heavy atom. The molecule has 1 aliphatic carbocycles. The number of ether oxygens (including phenoxy) is 2. The number of thioether (sulfide) groups is 1. The fraction of sp³-hybridized carbons (Fsp3) is 0.923. The average molecular weight is 1070 g/mol. The first-order valence-corrected chi connectivity index (χ1v) is 30.2. The first kappa shape index (κ1) is 64.3. The maximum atomic E-state index is 13.2. The maximum absolute atomic E-state index is 13.2. The molecule has 1 aliphatic rings. The Morgan fingerprint density at radius 3 is 1.31 bits per heavy atom. The van der Waals surface area contributed by atoms with Gasteiger partial charge in [-0.15, -0.1) is 0 Å². The van der Waals surface area contributed by atoms with E-state index in [0.717, 1.165) is 76.4 Å². The molecule has 8 atom stereocenters. The third-order valence-electron chi connectivity index (χ3n) is 10.4. The molecule has 1 rings (SSSR count). The zero-order chi connectivity index (χ0) is 50.5. The van der Waals surface area contributed by atoms with Crippen molar-refractivity contribution in [2.45, 2.75) is 211 Å². The summed E-state index contributed by atoms with van der Waals surface area (Å²) in [4.78, 5) is 104. The summed E-state index contributed by atoms with van der Waals surface area (Å²) in [5.41, 5.74) is 0. The fourth-order valence-corrected chi connectivity index (χ4v) is 10.7. The summed E-state index contributed by atoms with van der Waals surface area (Å²) >= 11 is 1.36. The lowest BCUT2D eigenvalue weighted by Crippen LogP contribution is -2.65. The minimum absolute atomic E-state index is 0.00184. The normalized spacial score (nSPS) is 21.7. The van der Waals surface area contributed by atoms with Gasteiger partial charge in [0.1, 0.15) is 43.2 Å². The van der Waals surface area contributed by atoms with Gasteiger partial charge < -0.3 is 53.9 Å². The van der Waals surface area contributed by atoms with E-state index in [0.29, 0.717) is 25.7 Å². The second-order valence-electron chi connectivity index (χ2n) is 16.5. The van der Waals surface area contributed by atoms with Crippen LogP contribution in [0.15, 0.2) is 0 Å². The van der Waals surface area contributed by atoms with E-state index in [1.54, 1.807) is 0 Å². The highest BCUT2D eigenvalue weighted by Gasteiger charge is 2.59. The number of rotatable bonds is 40. The quantitative estimate of drug-likeness (QED) is 0.0173. The number of esters is 2. The van der Waals surface area contributed by atoms with Gasteiger partial charge in [-0.3, -0.25) is 37.0 Å². The summed E-state index contributed by atoms with van der Waals surface area (Å²) in [7, 11) is -23.0. The maximum Gasteiger partial charge on any atom is 0.472 e. The van der Waals surface area contributed by atoms with E-state index in [2.05, 4.69) is 20.5 Å². The Morgan fingerprint density at radius 1 is 0.478 bits per heavy atom. The van der Waals surface area contributed by atoms with Crippen molar-refractivity contribution in [1.82, 2.24) is 0 Å². The van der Waals surface area contributed by atoms with Crippen molar-refractivity contribution in [2.24, 2.45) is 0 Å². The number of phosphoric acid groups is 4. The minimum Gasteiger partial charge on any atom is -0.462 e. The highest BCUT2D eigenvalue weighted by Crippen LogP contribution is 2.53. The highest BCUT2D eigenvalue weighted by atomic mass is 32.2. The Bertz CT molecular complexity index is 1550. The number of aliphatic hydroxyl groups is 2. The molecule has 23 nitrogen and oxygen atoms in total. The standard InChI is InChI=1S/C39H76O23P4S/c1-3-5-6-7-8-9-10-11-12-13-15-19-22-26-32(41)58-30(28-56-31(40)25-21-18-16-14-17-20-23-27-67-33(42)24-4-2)29-57-66(54,55)62-36-34(43)37(59-63(45,46)47)39(61-65(51,52)53)38(35(36)44)60-64(48,49)50/h30,34-39,43-44H,3-29H2,1-2H3,(H,54,55)(H2,45,46,47)(H2,48,49,50)(H2,51,52,53)/t30-,34+,35?,36?,37+,38-,39?/m1/s1. The predicted molar refractivity (Wildman–Crippen MR) is 244 cm³/mol. The van der Waals surface area contributed by atoms with Gasteiger partial charge in [0.15, 0.2) is 11.2 Å². The van der Waals surface area contributed by atoms with Crippen LogP contribution < -0.4 is 0 Å². The molecule has 1 saturated carbocycles. The number of aliphatic hydroxyl groups excluding tert-OH is 2. The van der Waals surface area contributed by atoms with E-state index in [1.807, 2.05) is 6.92 Å². The summed E-state index contributed by atoms with van der Waals surface area (Å²) in [6.45, 7) is 2.46. The molecule has 0 spiro atoms. The SMILES string of the molecule is CCCCCCCCCCCCCCCC(=O)O[C@H](COC(=O)CCCCCCCCCSC(=O)CCC)COP(=O)(O)OC1C(O)[C@@H](OP(=O)(O)O)C(OP(=O)(O)O)[C@@H](OP(=O)(O)O)[C@H]1O. The van der Waals surface area contributed by atoms with Crippen molar-refractivity contribution in [3.05, 3.63) is 0 Å². The van der Waals surface area contributed by atoms with Crippen LogP contribution in [0.3, 0.4) is 0 Å². The van der Waals surface area contributed by atoms with Crippen LogP contribution in [0, 0.1) is 0 Å². The molecular formula is C39H76O23P4S. The third kappa shape index (κ3) is 32.8. The first-order chi connectivity index (χ1) is 31.4. The van der Waals surface area contributed by atoms with Crippen LogP contribution in [0.5, 0.6) is 0 Å². The average Bonchev–Trinajstić information content (AvgIpc) is 3.21. The molecule has 28 heteroatoms. The molecule has 0 aliphatic heterocycles. The molecule has 0 bridgehead atoms. The van der Waals surface area contributed by atoms with Gasteiger partial charge >= 0.3 is 43.2 Å². The van der Waals surface area contributed by atoms with E-state index < -0.39 is 99.2 Å². The highest BCUT2D eigenvalue weighted by molar-refractivity contribution is 8.13. The van der Waals surface area contributed by atoms with Crippen molar-refractivity contribution >= 4 is 60.1 Å². The Kier molecular flexibility index (Phi) is 33.3. The zero-order valence-corrected chi connectivity index (χ0v) is 43.0. The Labute approximate surface area is 397 Å². The predicted octanol–water partition coefficient (Wildman–Crippen LogP) is 6.77. The lowest BCUT2D eigenvalue weighted by molar-refractivity contribution is -0.209. The molecule has 0 saturated heterocycles. The molecule has 0 heterocycles. The summed E-state index contributed by atoms with van der Waals surface area (Å²) in [5.74, 6) is -0.657. The molecule has 9 N–H and O–H groups in total. The van der Waals surface area contributed by atoms with Crippen LogP contribution in [-0.4, -0.2) is 123 Å². The van der Waals surface area contributed by atoms with Gasteiger partial charge in [-0.1, -0.05) is 135 Å². The van der Waals surface area contributed by atoms with Gasteiger partial charge in [0.2, 0.25) is 0 Å². The smallest absolute Gasteiger partial charge is 0.462 e. The summed E-state index contributed by atoms with van der Waals surface area (Å²) in [6, 6.07) is 0. The van der Waals surface area contributed by atoms with E-state index in [9.17, 15) is 77.1 Å². The van der Waals surface area contributed by atoms with E-state index in [1.165, 1.54) is 56.7 Å². The minimum atomic E-state index is -5.79. The monoisotopic (exact) mass is 1070 g/mol. The van der Waals surface area contributed by atoms with Crippen LogP contribution in [0.4, 0.5) is 0 Å². The molecule has 1 fully saturated rings. The second-order valence-corrected chi connectivity index (χ2v) is 22.6. The first-order valence-electron chi connectivity index (χ1n) is 23.1. The van der Waals surface area contributed by atoms with Crippen LogP contribution in [0.25, 0.3) is 0 Å². The number of carbonyl (C=O) groups is 3. The number of hydrogen-bond acceptors (Lipinski definition) is 17. The van der Waals surface area contributed by atoms with Crippen LogP contribution in [0.1, 0.15) is 168 Å². The Hall–Kier alpha value is -0.680. The lowest BCUT2D eigenvalue weighted by Gasteiger charge is -2.45. The molecule has 67 heavy (non-hydrogen) atoms. The fourth-order valence-electron chi connectivity index (χ4n) is 7.10. The molecule has 4 unspecified atom stereocenters. The number of carbonyl (C=O) groups excluding carboxylic acids is 3. The topological polar surface area (TPSA) is 366 Å². The van der Waals surface area contributed by atoms with Gasteiger partial charge in [-0.2, -0.15) is 0 Å². The lowest BCUT2D eigenvalue weighted by atomic mass is 9.85. The molecule has 0 aromatic heterocycles. The van der Waals surface area contributed by atoms with E-state index in [4.69, 9.17) is 18.5 Å². The Balaban J connectivity index is 2.93. The number of hydrogen-bond donors (Lipinski definition) is 9. The van der Waals surface area contributed by atoms with Crippen molar-refractivity contribution in [2.75, 3.05) is 19.0 Å². The molecular weight excluding hydrogens is 992 g/mol. The molecule has 0 amide bonds. The van der Waals surface area contributed by atoms with Crippen molar-refractivity contribution in [3.63, 3.8) is 0 Å². The van der Waals surface area contributed by atoms with Crippen LogP contribution in [0.2, 0.25) is 0 Å².